The first-order chi connectivity index (χ1) is 15.6. The topological polar surface area (TPSA) is 87.2 Å². The Hall–Kier alpha value is -1.22. The van der Waals surface area contributed by atoms with Crippen LogP contribution in [0.25, 0.3) is 0 Å². The summed E-state index contributed by atoms with van der Waals surface area (Å²) in [4.78, 5) is 27.5. The number of unbranched alkanes of at least 4 members (excludes halogenated alkanes) is 3. The van der Waals surface area contributed by atoms with E-state index in [2.05, 4.69) is 0 Å². The van der Waals surface area contributed by atoms with E-state index in [-0.39, 0.29) is 23.2 Å². The fourth-order valence-electron chi connectivity index (χ4n) is 6.48. The van der Waals surface area contributed by atoms with E-state index in [0.29, 0.717) is 25.9 Å². The summed E-state index contributed by atoms with van der Waals surface area (Å²) in [6, 6.07) is 0.206. The summed E-state index contributed by atoms with van der Waals surface area (Å²) >= 11 is 0. The smallest absolute Gasteiger partial charge is 0.209 e. The number of carbonyl (C=O) groups is 2. The summed E-state index contributed by atoms with van der Waals surface area (Å²) in [6.07, 6.45) is 8.61. The van der Waals surface area contributed by atoms with Gasteiger partial charge in [-0.25, -0.2) is 0 Å². The molecule has 0 aromatic carbocycles. The lowest BCUT2D eigenvalue weighted by Gasteiger charge is -2.53. The van der Waals surface area contributed by atoms with Crippen LogP contribution < -0.4 is 0 Å². The maximum absolute atomic E-state index is 12.6. The molecule has 0 unspecified atom stereocenters. The number of hydroxylamine groups is 4. The predicted molar refractivity (Wildman–Crippen MR) is 133 cm³/mol. The van der Waals surface area contributed by atoms with Crippen LogP contribution in [0.4, 0.5) is 0 Å². The Kier molecular flexibility index (Phi) is 9.22. The van der Waals surface area contributed by atoms with Gasteiger partial charge in [0, 0.05) is 47.3 Å². The molecule has 2 rings (SSSR count). The summed E-state index contributed by atoms with van der Waals surface area (Å²) < 4.78 is 0. The summed E-state index contributed by atoms with van der Waals surface area (Å²) in [5, 5.41) is 25.8. The molecule has 0 aromatic rings. The Balaban J connectivity index is 1.79. The first-order valence-electron chi connectivity index (χ1n) is 13.0. The average Bonchev–Trinajstić information content (AvgIpc) is 2.71. The van der Waals surface area contributed by atoms with Crippen molar-refractivity contribution in [1.82, 2.24) is 19.9 Å². The number of hydrogen-bond acceptors (Lipinski definition) is 5. The van der Waals surface area contributed by atoms with Crippen LogP contribution >= 0.6 is 0 Å². The lowest BCUT2D eigenvalue weighted by Crippen LogP contribution is -2.62. The van der Waals surface area contributed by atoms with Crippen LogP contribution in [0.3, 0.4) is 0 Å². The van der Waals surface area contributed by atoms with Crippen LogP contribution in [0.1, 0.15) is 107 Å². The van der Waals surface area contributed by atoms with Crippen molar-refractivity contribution in [3.63, 3.8) is 0 Å². The number of hydrogen-bond donors (Lipinski definition) is 1. The highest BCUT2D eigenvalue weighted by Crippen LogP contribution is 2.39. The molecule has 0 aromatic heterocycles. The Morgan fingerprint density at radius 2 is 1.00 bits per heavy atom. The lowest BCUT2D eigenvalue weighted by atomic mass is 9.78. The molecule has 1 N–H and O–H groups in total. The fourth-order valence-corrected chi connectivity index (χ4v) is 6.48. The van der Waals surface area contributed by atoms with Crippen LogP contribution in [0.2, 0.25) is 0 Å². The summed E-state index contributed by atoms with van der Waals surface area (Å²) in [7, 11) is 0. The van der Waals surface area contributed by atoms with Crippen LogP contribution in [0.5, 0.6) is 0 Å². The zero-order valence-electron chi connectivity index (χ0n) is 22.8. The third-order valence-electron chi connectivity index (χ3n) is 7.98. The van der Waals surface area contributed by atoms with Crippen LogP contribution in [0, 0.1) is 0 Å². The van der Waals surface area contributed by atoms with Gasteiger partial charge in [0.15, 0.2) is 0 Å². The number of carbonyl (C=O) groups excluding carboxylic acids is 2. The summed E-state index contributed by atoms with van der Waals surface area (Å²) in [6.45, 7) is 17.3. The molecular formula is C26H49N4O4. The summed E-state index contributed by atoms with van der Waals surface area (Å²) in [5.74, 6) is 0. The second-order valence-corrected chi connectivity index (χ2v) is 13.1. The van der Waals surface area contributed by atoms with Gasteiger partial charge in [-0.1, -0.05) is 12.8 Å². The minimum Gasteiger partial charge on any atom is -0.342 e. The molecule has 0 saturated carbocycles. The van der Waals surface area contributed by atoms with E-state index in [1.165, 1.54) is 10.1 Å². The van der Waals surface area contributed by atoms with Crippen molar-refractivity contribution >= 4 is 12.8 Å². The second kappa shape index (κ2) is 10.8. The van der Waals surface area contributed by atoms with Gasteiger partial charge in [0.25, 0.3) is 0 Å². The highest BCUT2D eigenvalue weighted by molar-refractivity contribution is 5.48. The molecule has 0 aliphatic carbocycles. The molecule has 197 valence electrons. The van der Waals surface area contributed by atoms with Crippen molar-refractivity contribution in [1.29, 1.82) is 0 Å². The van der Waals surface area contributed by atoms with Gasteiger partial charge < -0.3 is 15.0 Å². The van der Waals surface area contributed by atoms with Crippen molar-refractivity contribution < 1.29 is 20.0 Å². The van der Waals surface area contributed by atoms with Crippen LogP contribution in [-0.4, -0.2) is 85.3 Å². The largest absolute Gasteiger partial charge is 0.342 e. The second-order valence-electron chi connectivity index (χ2n) is 13.1. The Labute approximate surface area is 207 Å². The van der Waals surface area contributed by atoms with E-state index < -0.39 is 11.1 Å². The van der Waals surface area contributed by atoms with Crippen molar-refractivity contribution in [2.75, 3.05) is 13.1 Å². The maximum Gasteiger partial charge on any atom is 0.209 e. The first-order valence-corrected chi connectivity index (χ1v) is 13.0. The van der Waals surface area contributed by atoms with Crippen molar-refractivity contribution in [3.8, 4) is 0 Å². The van der Waals surface area contributed by atoms with Gasteiger partial charge in [0.05, 0.1) is 0 Å². The number of amides is 2. The molecule has 0 bridgehead atoms. The first kappa shape index (κ1) is 29.0. The molecule has 2 saturated heterocycles. The maximum atomic E-state index is 12.6. The number of piperidine rings is 2. The lowest BCUT2D eigenvalue weighted by molar-refractivity contribution is -0.293. The minimum atomic E-state index is -0.485. The molecule has 2 aliphatic heterocycles. The molecule has 2 heterocycles. The highest BCUT2D eigenvalue weighted by atomic mass is 16.5. The third-order valence-corrected chi connectivity index (χ3v) is 7.98. The minimum absolute atomic E-state index is 0.0855. The van der Waals surface area contributed by atoms with E-state index in [9.17, 15) is 20.0 Å². The van der Waals surface area contributed by atoms with Gasteiger partial charge in [-0.05, 0) is 93.9 Å². The standard InChI is InChI=1S/C26H49N4O4/c1-23(2)15-21(16-24(3,4)29(23)33)27(19-31)13-11-9-10-12-14-28(20-32)22-17-25(5,6)30(34)26(7,8)18-22/h19-22,33H,9-18H2,1-8H3. The number of nitrogens with zero attached hydrogens (tertiary/aromatic N) is 4. The molecule has 8 nitrogen and oxygen atoms in total. The molecule has 1 radical (unpaired) electrons. The normalized spacial score (nSPS) is 25.1. The molecular weight excluding hydrogens is 432 g/mol. The Bertz CT molecular complexity index is 600. The van der Waals surface area contributed by atoms with E-state index in [1.54, 1.807) is 0 Å². The molecule has 0 spiro atoms. The fraction of sp³-hybridized carbons (Fsp3) is 0.923. The third kappa shape index (κ3) is 6.71. The Morgan fingerprint density at radius 3 is 1.32 bits per heavy atom. The van der Waals surface area contributed by atoms with Gasteiger partial charge >= 0.3 is 0 Å². The highest BCUT2D eigenvalue weighted by Gasteiger charge is 2.48. The van der Waals surface area contributed by atoms with Crippen LogP contribution in [-0.2, 0) is 14.8 Å². The number of rotatable bonds is 11. The van der Waals surface area contributed by atoms with Crippen molar-refractivity contribution in [2.45, 2.75) is 141 Å². The molecule has 34 heavy (non-hydrogen) atoms. The quantitative estimate of drug-likeness (QED) is 0.352. The molecule has 2 fully saturated rings. The van der Waals surface area contributed by atoms with E-state index in [1.807, 2.05) is 65.2 Å². The van der Waals surface area contributed by atoms with E-state index in [4.69, 9.17) is 0 Å². The SMILES string of the molecule is CC1(C)CC(N(C=O)CCCCCCN(C=O)C2CC(C)(C)N(O)C(C)(C)C2)CC(C)(C)N1[O]. The molecule has 8 heteroatoms. The van der Waals surface area contributed by atoms with E-state index in [0.717, 1.165) is 51.3 Å². The van der Waals surface area contributed by atoms with Gasteiger partial charge in [0.1, 0.15) is 0 Å². The summed E-state index contributed by atoms with van der Waals surface area (Å²) in [5.41, 5.74) is -1.72. The Morgan fingerprint density at radius 1 is 0.676 bits per heavy atom. The predicted octanol–water partition coefficient (Wildman–Crippen LogP) is 4.24. The monoisotopic (exact) mass is 481 g/mol. The zero-order valence-corrected chi connectivity index (χ0v) is 22.8. The molecule has 2 aliphatic rings. The van der Waals surface area contributed by atoms with Crippen molar-refractivity contribution in [3.05, 3.63) is 0 Å². The van der Waals surface area contributed by atoms with Gasteiger partial charge in [0.2, 0.25) is 12.8 Å². The zero-order chi connectivity index (χ0) is 25.9. The molecule has 2 amide bonds. The van der Waals surface area contributed by atoms with Crippen molar-refractivity contribution in [2.24, 2.45) is 0 Å². The molecule has 0 atom stereocenters. The van der Waals surface area contributed by atoms with Gasteiger partial charge in [-0.15, -0.1) is 10.3 Å². The van der Waals surface area contributed by atoms with Gasteiger partial charge in [-0.2, -0.15) is 5.06 Å². The van der Waals surface area contributed by atoms with Gasteiger partial charge in [-0.3, -0.25) is 9.59 Å². The van der Waals surface area contributed by atoms with E-state index >= 15 is 0 Å². The van der Waals surface area contributed by atoms with Crippen LogP contribution in [0.15, 0.2) is 0 Å². The average molecular weight is 482 g/mol.